The lowest BCUT2D eigenvalue weighted by Crippen LogP contribution is -2.42. The van der Waals surface area contributed by atoms with E-state index in [0.29, 0.717) is 31.6 Å². The third-order valence-corrected chi connectivity index (χ3v) is 4.40. The molecule has 0 bridgehead atoms. The predicted molar refractivity (Wildman–Crippen MR) is 88.9 cm³/mol. The summed E-state index contributed by atoms with van der Waals surface area (Å²) in [7, 11) is 0. The van der Waals surface area contributed by atoms with Gasteiger partial charge in [0.25, 0.3) is 0 Å². The van der Waals surface area contributed by atoms with Gasteiger partial charge < -0.3 is 15.3 Å². The number of carbonyl (C=O) groups excluding carboxylic acids is 1. The number of urea groups is 1. The minimum absolute atomic E-state index is 0.0675. The summed E-state index contributed by atoms with van der Waals surface area (Å²) in [5.41, 5.74) is 1.38. The summed E-state index contributed by atoms with van der Waals surface area (Å²) in [6, 6.07) is 9.34. The van der Waals surface area contributed by atoms with Crippen LogP contribution in [0.3, 0.4) is 0 Å². The van der Waals surface area contributed by atoms with Crippen LogP contribution in [-0.4, -0.2) is 34.1 Å². The molecule has 3 rings (SSSR count). The van der Waals surface area contributed by atoms with Gasteiger partial charge >= 0.3 is 6.03 Å². The summed E-state index contributed by atoms with van der Waals surface area (Å²) < 4.78 is 13.0. The Hall–Kier alpha value is -2.47. The van der Waals surface area contributed by atoms with Crippen molar-refractivity contribution < 1.29 is 14.3 Å². The zero-order chi connectivity index (χ0) is 16.9. The molecule has 1 atom stereocenters. The fourth-order valence-corrected chi connectivity index (χ4v) is 2.99. The molecule has 5 nitrogen and oxygen atoms in total. The first-order valence-electron chi connectivity index (χ1n) is 8.03. The maximum absolute atomic E-state index is 13.0. The lowest BCUT2D eigenvalue weighted by molar-refractivity contribution is 0.0682. The van der Waals surface area contributed by atoms with Crippen LogP contribution in [0.1, 0.15) is 24.5 Å². The highest BCUT2D eigenvalue weighted by atomic mass is 19.1. The molecule has 2 heterocycles. The molecule has 1 aliphatic rings. The number of rotatable bonds is 3. The molecule has 0 aliphatic carbocycles. The molecule has 0 saturated carbocycles. The number of aliphatic hydroxyl groups is 1. The van der Waals surface area contributed by atoms with Crippen LogP contribution in [0.15, 0.2) is 48.8 Å². The van der Waals surface area contributed by atoms with Crippen LogP contribution in [0.4, 0.5) is 14.9 Å². The Morgan fingerprint density at radius 1 is 1.25 bits per heavy atom. The van der Waals surface area contributed by atoms with Crippen LogP contribution in [0.25, 0.3) is 0 Å². The summed E-state index contributed by atoms with van der Waals surface area (Å²) in [5.74, 6) is -0.245. The summed E-state index contributed by atoms with van der Waals surface area (Å²) in [4.78, 5) is 17.9. The second-order valence-corrected chi connectivity index (χ2v) is 5.99. The van der Waals surface area contributed by atoms with E-state index in [1.54, 1.807) is 41.6 Å². The zero-order valence-corrected chi connectivity index (χ0v) is 13.2. The van der Waals surface area contributed by atoms with Gasteiger partial charge in [-0.15, -0.1) is 0 Å². The molecule has 1 saturated heterocycles. The van der Waals surface area contributed by atoms with Crippen LogP contribution in [0, 0.1) is 11.7 Å². The topological polar surface area (TPSA) is 65.5 Å². The van der Waals surface area contributed by atoms with Crippen molar-refractivity contribution in [3.8, 4) is 0 Å². The smallest absolute Gasteiger partial charge is 0.321 e. The van der Waals surface area contributed by atoms with Crippen LogP contribution in [-0.2, 0) is 0 Å². The lowest BCUT2D eigenvalue weighted by Gasteiger charge is -2.34. The number of aliphatic hydroxyl groups excluding tert-OH is 1. The molecule has 2 aromatic rings. The molecule has 0 radical (unpaired) electrons. The number of benzene rings is 1. The maximum atomic E-state index is 13.0. The Labute approximate surface area is 140 Å². The molecular weight excluding hydrogens is 309 g/mol. The van der Waals surface area contributed by atoms with Gasteiger partial charge in [-0.05, 0) is 48.6 Å². The number of hydrogen-bond donors (Lipinski definition) is 2. The summed E-state index contributed by atoms with van der Waals surface area (Å²) >= 11 is 0. The highest BCUT2D eigenvalue weighted by Crippen LogP contribution is 2.31. The number of piperidine rings is 1. The second-order valence-electron chi connectivity index (χ2n) is 5.99. The molecule has 1 aromatic carbocycles. The van der Waals surface area contributed by atoms with E-state index < -0.39 is 6.10 Å². The number of amides is 2. The molecule has 2 N–H and O–H groups in total. The van der Waals surface area contributed by atoms with E-state index in [-0.39, 0.29) is 17.8 Å². The number of likely N-dealkylation sites (tertiary alicyclic amines) is 1. The fraction of sp³-hybridized carbons (Fsp3) is 0.333. The van der Waals surface area contributed by atoms with E-state index in [1.807, 2.05) is 0 Å². The number of aromatic nitrogens is 1. The van der Waals surface area contributed by atoms with E-state index in [9.17, 15) is 14.3 Å². The van der Waals surface area contributed by atoms with Gasteiger partial charge in [0.1, 0.15) is 5.82 Å². The van der Waals surface area contributed by atoms with Crippen LogP contribution in [0.5, 0.6) is 0 Å². The van der Waals surface area contributed by atoms with Gasteiger partial charge in [0, 0.05) is 19.3 Å². The van der Waals surface area contributed by atoms with Crippen LogP contribution < -0.4 is 5.32 Å². The SMILES string of the molecule is O=C(Nc1cccnc1)N1CCC(C(O)c2ccc(F)cc2)CC1. The first-order valence-corrected chi connectivity index (χ1v) is 8.03. The van der Waals surface area contributed by atoms with Crippen LogP contribution >= 0.6 is 0 Å². The van der Waals surface area contributed by atoms with Gasteiger partial charge in [-0.25, -0.2) is 9.18 Å². The van der Waals surface area contributed by atoms with Crippen molar-refractivity contribution in [1.82, 2.24) is 9.88 Å². The summed E-state index contributed by atoms with van der Waals surface area (Å²) in [6.45, 7) is 1.16. The first kappa shape index (κ1) is 16.4. The van der Waals surface area contributed by atoms with Crippen molar-refractivity contribution in [3.63, 3.8) is 0 Å². The van der Waals surface area contributed by atoms with E-state index in [1.165, 1.54) is 12.1 Å². The Bertz CT molecular complexity index is 670. The van der Waals surface area contributed by atoms with Crippen molar-refractivity contribution >= 4 is 11.7 Å². The van der Waals surface area contributed by atoms with Crippen molar-refractivity contribution in [3.05, 3.63) is 60.2 Å². The molecule has 1 aromatic heterocycles. The van der Waals surface area contributed by atoms with Crippen molar-refractivity contribution in [2.24, 2.45) is 5.92 Å². The minimum Gasteiger partial charge on any atom is -0.388 e. The Kier molecular flexibility index (Phi) is 5.05. The molecule has 0 spiro atoms. The van der Waals surface area contributed by atoms with Crippen molar-refractivity contribution in [2.45, 2.75) is 18.9 Å². The number of anilines is 1. The Balaban J connectivity index is 1.53. The van der Waals surface area contributed by atoms with Gasteiger partial charge in [-0.1, -0.05) is 12.1 Å². The maximum Gasteiger partial charge on any atom is 0.321 e. The summed E-state index contributed by atoms with van der Waals surface area (Å²) in [5, 5.41) is 13.3. The Morgan fingerprint density at radius 3 is 2.58 bits per heavy atom. The number of nitrogens with one attached hydrogen (secondary N) is 1. The molecule has 1 fully saturated rings. The molecule has 24 heavy (non-hydrogen) atoms. The van der Waals surface area contributed by atoms with E-state index in [0.717, 1.165) is 5.56 Å². The fourth-order valence-electron chi connectivity index (χ4n) is 2.99. The number of carbonyl (C=O) groups is 1. The third-order valence-electron chi connectivity index (χ3n) is 4.40. The number of pyridine rings is 1. The van der Waals surface area contributed by atoms with Crippen LogP contribution in [0.2, 0.25) is 0 Å². The van der Waals surface area contributed by atoms with Gasteiger partial charge in [-0.3, -0.25) is 4.98 Å². The number of nitrogens with zero attached hydrogens (tertiary/aromatic N) is 2. The molecule has 1 unspecified atom stereocenters. The number of halogens is 1. The molecule has 126 valence electrons. The van der Waals surface area contributed by atoms with Crippen molar-refractivity contribution in [2.75, 3.05) is 18.4 Å². The first-order chi connectivity index (χ1) is 11.6. The zero-order valence-electron chi connectivity index (χ0n) is 13.2. The van der Waals surface area contributed by atoms with E-state index in [2.05, 4.69) is 10.3 Å². The third kappa shape index (κ3) is 3.89. The largest absolute Gasteiger partial charge is 0.388 e. The normalized spacial score (nSPS) is 16.7. The van der Waals surface area contributed by atoms with Gasteiger partial charge in [0.05, 0.1) is 18.0 Å². The summed E-state index contributed by atoms with van der Waals surface area (Å²) in [6.07, 6.45) is 4.04. The monoisotopic (exact) mass is 329 g/mol. The molecule has 1 aliphatic heterocycles. The molecular formula is C18H20FN3O2. The van der Waals surface area contributed by atoms with Gasteiger partial charge in [0.15, 0.2) is 0 Å². The highest BCUT2D eigenvalue weighted by Gasteiger charge is 2.28. The standard InChI is InChI=1S/C18H20FN3O2/c19-15-5-3-13(4-6-15)17(23)14-7-10-22(11-8-14)18(24)21-16-2-1-9-20-12-16/h1-6,9,12,14,17,23H,7-8,10-11H2,(H,21,24). The predicted octanol–water partition coefficient (Wildman–Crippen LogP) is 3.20. The quantitative estimate of drug-likeness (QED) is 0.909. The minimum atomic E-state index is -0.630. The van der Waals surface area contributed by atoms with Gasteiger partial charge in [-0.2, -0.15) is 0 Å². The Morgan fingerprint density at radius 2 is 1.96 bits per heavy atom. The number of hydrogen-bond acceptors (Lipinski definition) is 3. The van der Waals surface area contributed by atoms with Gasteiger partial charge in [0.2, 0.25) is 0 Å². The van der Waals surface area contributed by atoms with E-state index >= 15 is 0 Å². The molecule has 6 heteroatoms. The highest BCUT2D eigenvalue weighted by molar-refractivity contribution is 5.89. The van der Waals surface area contributed by atoms with Crippen molar-refractivity contribution in [1.29, 1.82) is 0 Å². The lowest BCUT2D eigenvalue weighted by atomic mass is 9.87. The average Bonchev–Trinajstić information content (AvgIpc) is 2.63. The van der Waals surface area contributed by atoms with E-state index in [4.69, 9.17) is 0 Å². The average molecular weight is 329 g/mol. The second kappa shape index (κ2) is 7.40. The molecule has 2 amide bonds.